The normalized spacial score (nSPS) is 16.7. The first-order chi connectivity index (χ1) is 12.8. The fourth-order valence-electron chi connectivity index (χ4n) is 3.78. The lowest BCUT2D eigenvalue weighted by molar-refractivity contribution is 0.0768. The molecule has 0 bridgehead atoms. The summed E-state index contributed by atoms with van der Waals surface area (Å²) >= 11 is 1.11. The SMILES string of the molecule is CCCCC1CCC(c2ccc(C(=O)OSc3ccccc3)cc2)CC1.F.F.F.F.F. The fourth-order valence-corrected chi connectivity index (χ4v) is 4.32. The van der Waals surface area contributed by atoms with Gasteiger partial charge in [0.25, 0.3) is 0 Å². The van der Waals surface area contributed by atoms with Crippen LogP contribution in [0.1, 0.15) is 73.7 Å². The van der Waals surface area contributed by atoms with Gasteiger partial charge in [-0.15, -0.1) is 0 Å². The number of hydrogen-bond donors (Lipinski definition) is 0. The molecule has 2 aromatic rings. The van der Waals surface area contributed by atoms with E-state index in [1.54, 1.807) is 0 Å². The molecule has 2 aromatic carbocycles. The number of unbranched alkanes of at least 4 members (excludes halogenated alkanes) is 1. The highest BCUT2D eigenvalue weighted by molar-refractivity contribution is 7.95. The molecule has 8 heteroatoms. The second-order valence-corrected chi connectivity index (χ2v) is 8.05. The van der Waals surface area contributed by atoms with Gasteiger partial charge in [-0.05, 0) is 67.3 Å². The van der Waals surface area contributed by atoms with Crippen molar-refractivity contribution in [3.63, 3.8) is 0 Å². The highest BCUT2D eigenvalue weighted by Gasteiger charge is 2.22. The summed E-state index contributed by atoms with van der Waals surface area (Å²) < 4.78 is 5.33. The van der Waals surface area contributed by atoms with Gasteiger partial charge in [0.1, 0.15) is 0 Å². The minimum Gasteiger partial charge on any atom is -0.382 e. The molecule has 0 unspecified atom stereocenters. The van der Waals surface area contributed by atoms with Crippen molar-refractivity contribution in [3.05, 3.63) is 65.7 Å². The van der Waals surface area contributed by atoms with Crippen LogP contribution in [-0.2, 0) is 4.18 Å². The lowest BCUT2D eigenvalue weighted by Crippen LogP contribution is -2.13. The van der Waals surface area contributed by atoms with Gasteiger partial charge in [0.15, 0.2) is 0 Å². The zero-order valence-electron chi connectivity index (χ0n) is 17.6. The molecule has 0 radical (unpaired) electrons. The number of rotatable bonds is 7. The Hall–Kier alpha value is -2.09. The van der Waals surface area contributed by atoms with Gasteiger partial charge in [-0.1, -0.05) is 56.5 Å². The maximum absolute atomic E-state index is 12.2. The molecule has 1 saturated carbocycles. The second kappa shape index (κ2) is 17.6. The first-order valence-electron chi connectivity index (χ1n) is 9.80. The van der Waals surface area contributed by atoms with Crippen LogP contribution in [0, 0.1) is 5.92 Å². The molecular formula is C23H33F5O2S. The van der Waals surface area contributed by atoms with E-state index in [1.165, 1.54) is 50.5 Å². The van der Waals surface area contributed by atoms with Gasteiger partial charge in [-0.3, -0.25) is 23.5 Å². The molecule has 0 heterocycles. The summed E-state index contributed by atoms with van der Waals surface area (Å²) in [5.41, 5.74) is 1.99. The zero-order chi connectivity index (χ0) is 18.2. The largest absolute Gasteiger partial charge is 0.382 e. The number of hydrogen-bond acceptors (Lipinski definition) is 3. The van der Waals surface area contributed by atoms with E-state index in [2.05, 4.69) is 19.1 Å². The molecule has 0 spiro atoms. The molecule has 1 aliphatic carbocycles. The molecular weight excluding hydrogens is 435 g/mol. The van der Waals surface area contributed by atoms with Gasteiger partial charge < -0.3 is 4.18 Å². The van der Waals surface area contributed by atoms with Crippen LogP contribution in [0.2, 0.25) is 0 Å². The predicted octanol–water partition coefficient (Wildman–Crippen LogP) is 7.78. The molecule has 3 rings (SSSR count). The van der Waals surface area contributed by atoms with Gasteiger partial charge >= 0.3 is 5.97 Å². The van der Waals surface area contributed by atoms with E-state index < -0.39 is 0 Å². The second-order valence-electron chi connectivity index (χ2n) is 7.25. The van der Waals surface area contributed by atoms with E-state index in [9.17, 15) is 4.79 Å². The summed E-state index contributed by atoms with van der Waals surface area (Å²) in [5, 5.41) is 0. The standard InChI is InChI=1S/C23H28O2S.5FH/c1-2-3-7-18-10-12-19(13-11-18)20-14-16-21(17-15-20)23(24)25-26-22-8-5-4-6-9-22;;;;;/h4-6,8-9,14-19H,2-3,7,10-13H2,1H3;5*1H. The molecule has 0 aliphatic heterocycles. The van der Waals surface area contributed by atoms with Crippen LogP contribution in [0.15, 0.2) is 59.5 Å². The Morgan fingerprint density at radius 2 is 1.45 bits per heavy atom. The van der Waals surface area contributed by atoms with Gasteiger partial charge in [-0.25, -0.2) is 4.79 Å². The summed E-state index contributed by atoms with van der Waals surface area (Å²) in [7, 11) is 0. The van der Waals surface area contributed by atoms with E-state index in [-0.39, 0.29) is 29.5 Å². The quantitative estimate of drug-likeness (QED) is 0.307. The minimum atomic E-state index is -0.284. The Labute approximate surface area is 185 Å². The zero-order valence-corrected chi connectivity index (χ0v) is 18.4. The van der Waals surface area contributed by atoms with Crippen LogP contribution >= 0.6 is 12.0 Å². The van der Waals surface area contributed by atoms with Gasteiger partial charge in [0.2, 0.25) is 0 Å². The van der Waals surface area contributed by atoms with Crippen molar-refractivity contribution < 1.29 is 32.5 Å². The molecule has 0 amide bonds. The van der Waals surface area contributed by atoms with Crippen molar-refractivity contribution in [2.45, 2.75) is 62.7 Å². The Morgan fingerprint density at radius 3 is 2.00 bits per heavy atom. The third-order valence-electron chi connectivity index (χ3n) is 5.39. The van der Waals surface area contributed by atoms with Crippen LogP contribution in [0.5, 0.6) is 0 Å². The van der Waals surface area contributed by atoms with E-state index in [0.717, 1.165) is 22.9 Å². The predicted molar refractivity (Wildman–Crippen MR) is 121 cm³/mol. The molecule has 2 nitrogen and oxygen atoms in total. The maximum Gasteiger partial charge on any atom is 0.350 e. The van der Waals surface area contributed by atoms with Crippen molar-refractivity contribution in [2.24, 2.45) is 5.92 Å². The van der Waals surface area contributed by atoms with Crippen molar-refractivity contribution in [1.29, 1.82) is 0 Å². The minimum absolute atomic E-state index is 0. The molecule has 0 aromatic heterocycles. The Bertz CT molecular complexity index is 693. The molecule has 31 heavy (non-hydrogen) atoms. The number of carbonyl (C=O) groups excluding carboxylic acids is 1. The average Bonchev–Trinajstić information content (AvgIpc) is 2.72. The van der Waals surface area contributed by atoms with E-state index in [4.69, 9.17) is 4.18 Å². The van der Waals surface area contributed by atoms with Crippen LogP contribution < -0.4 is 0 Å². The Morgan fingerprint density at radius 1 is 0.871 bits per heavy atom. The number of halogens is 5. The number of carbonyl (C=O) groups is 1. The van der Waals surface area contributed by atoms with Crippen LogP contribution in [-0.4, -0.2) is 5.97 Å². The topological polar surface area (TPSA) is 26.3 Å². The average molecular weight is 469 g/mol. The van der Waals surface area contributed by atoms with Crippen LogP contribution in [0.4, 0.5) is 23.5 Å². The molecule has 1 fully saturated rings. The molecule has 0 N–H and O–H groups in total. The lowest BCUT2D eigenvalue weighted by Gasteiger charge is -2.28. The molecule has 0 atom stereocenters. The lowest BCUT2D eigenvalue weighted by atomic mass is 9.77. The first-order valence-corrected chi connectivity index (χ1v) is 10.5. The van der Waals surface area contributed by atoms with Gasteiger partial charge in [0, 0.05) is 4.90 Å². The van der Waals surface area contributed by atoms with Crippen molar-refractivity contribution in [1.82, 2.24) is 0 Å². The highest BCUT2D eigenvalue weighted by atomic mass is 32.2. The van der Waals surface area contributed by atoms with E-state index in [1.807, 2.05) is 42.5 Å². The van der Waals surface area contributed by atoms with Crippen LogP contribution in [0.25, 0.3) is 0 Å². The van der Waals surface area contributed by atoms with Crippen molar-refractivity contribution >= 4 is 18.0 Å². The third-order valence-corrected chi connectivity index (χ3v) is 6.09. The van der Waals surface area contributed by atoms with E-state index in [0.29, 0.717) is 11.5 Å². The summed E-state index contributed by atoms with van der Waals surface area (Å²) in [4.78, 5) is 13.1. The number of benzene rings is 2. The summed E-state index contributed by atoms with van der Waals surface area (Å²) in [6.07, 6.45) is 9.33. The smallest absolute Gasteiger partial charge is 0.350 e. The van der Waals surface area contributed by atoms with Crippen molar-refractivity contribution in [2.75, 3.05) is 0 Å². The van der Waals surface area contributed by atoms with Crippen molar-refractivity contribution in [3.8, 4) is 0 Å². The van der Waals surface area contributed by atoms with Crippen LogP contribution in [0.3, 0.4) is 0 Å². The maximum atomic E-state index is 12.2. The monoisotopic (exact) mass is 468 g/mol. The highest BCUT2D eigenvalue weighted by Crippen LogP contribution is 2.37. The molecule has 0 saturated heterocycles. The Balaban J connectivity index is -0.00000157. The van der Waals surface area contributed by atoms with E-state index >= 15 is 0 Å². The fraction of sp³-hybridized carbons (Fsp3) is 0.435. The van der Waals surface area contributed by atoms with Gasteiger partial charge in [-0.2, -0.15) is 0 Å². The summed E-state index contributed by atoms with van der Waals surface area (Å²) in [5.74, 6) is 1.29. The third kappa shape index (κ3) is 10.2. The summed E-state index contributed by atoms with van der Waals surface area (Å²) in [6.45, 7) is 2.27. The molecule has 178 valence electrons. The first kappa shape index (κ1) is 33.5. The summed E-state index contributed by atoms with van der Waals surface area (Å²) in [6, 6.07) is 17.7. The van der Waals surface area contributed by atoms with Gasteiger partial charge in [0.05, 0.1) is 17.6 Å². The Kier molecular flexibility index (Phi) is 19.0. The molecule has 1 aliphatic rings.